The van der Waals surface area contributed by atoms with Crippen molar-refractivity contribution in [3.8, 4) is 0 Å². The molecule has 0 radical (unpaired) electrons. The van der Waals surface area contributed by atoms with E-state index in [1.807, 2.05) is 0 Å². The number of phosphoric acid groups is 1. The second-order valence-corrected chi connectivity index (χ2v) is 9.30. The van der Waals surface area contributed by atoms with Gasteiger partial charge in [0.05, 0.1) is 19.8 Å². The number of hydrogen-bond donors (Lipinski definition) is 0. The predicted octanol–water partition coefficient (Wildman–Crippen LogP) is 4.19. The molecule has 0 saturated heterocycles. The Balaban J connectivity index is 4.39. The zero-order chi connectivity index (χ0) is 17.0. The number of phosphoric ester groups is 1. The lowest BCUT2D eigenvalue weighted by Gasteiger charge is -2.20. The highest BCUT2D eigenvalue weighted by atomic mass is 79.9. The van der Waals surface area contributed by atoms with Crippen molar-refractivity contribution in [2.45, 2.75) is 9.65 Å². The molecule has 0 fully saturated rings. The summed E-state index contributed by atoms with van der Waals surface area (Å²) in [6, 6.07) is 0. The molecule has 0 aromatic heterocycles. The first-order valence-electron chi connectivity index (χ1n) is 6.09. The minimum absolute atomic E-state index is 0.0393. The molecule has 6 nitrogen and oxygen atoms in total. The molecule has 0 heterocycles. The zero-order valence-electron chi connectivity index (χ0n) is 11.6. The van der Waals surface area contributed by atoms with Crippen LogP contribution in [0.15, 0.2) is 12.7 Å². The van der Waals surface area contributed by atoms with E-state index >= 15 is 0 Å². The fourth-order valence-corrected chi connectivity index (χ4v) is 3.19. The molecule has 22 heavy (non-hydrogen) atoms. The molecule has 0 aliphatic heterocycles. The van der Waals surface area contributed by atoms with Gasteiger partial charge in [0.25, 0.3) is 0 Å². The van der Waals surface area contributed by atoms with Crippen LogP contribution in [-0.4, -0.2) is 52.7 Å². The molecule has 130 valence electrons. The van der Waals surface area contributed by atoms with Crippen molar-refractivity contribution < 1.29 is 27.7 Å². The van der Waals surface area contributed by atoms with Crippen LogP contribution in [0.25, 0.3) is 0 Å². The molecule has 0 amide bonds. The Labute approximate surface area is 163 Å². The fourth-order valence-electron chi connectivity index (χ4n) is 0.895. The van der Waals surface area contributed by atoms with E-state index in [0.29, 0.717) is 10.7 Å². The number of carbonyl (C=O) groups excluding carboxylic acids is 1. The van der Waals surface area contributed by atoms with Crippen molar-refractivity contribution in [1.82, 2.24) is 0 Å². The summed E-state index contributed by atoms with van der Waals surface area (Å²) < 4.78 is 32.8. The smallest absolute Gasteiger partial charge is 0.460 e. The van der Waals surface area contributed by atoms with Gasteiger partial charge in [0.2, 0.25) is 0 Å². The van der Waals surface area contributed by atoms with Gasteiger partial charge in [0.15, 0.2) is 0 Å². The van der Waals surface area contributed by atoms with Gasteiger partial charge in [0.1, 0.15) is 6.61 Å². The molecule has 0 aliphatic carbocycles. The Morgan fingerprint density at radius 2 is 1.55 bits per heavy atom. The lowest BCUT2D eigenvalue weighted by Crippen LogP contribution is -2.16. The molecule has 0 spiro atoms. The van der Waals surface area contributed by atoms with E-state index in [1.165, 1.54) is 0 Å². The van der Waals surface area contributed by atoms with Crippen LogP contribution in [0.1, 0.15) is 0 Å². The first-order chi connectivity index (χ1) is 10.4. The van der Waals surface area contributed by atoms with Crippen LogP contribution in [0.5, 0.6) is 0 Å². The summed E-state index contributed by atoms with van der Waals surface area (Å²) in [6.45, 7) is 3.35. The van der Waals surface area contributed by atoms with E-state index in [2.05, 4.69) is 70.3 Å². The highest BCUT2D eigenvalue weighted by molar-refractivity contribution is 9.12. The van der Waals surface area contributed by atoms with Crippen molar-refractivity contribution in [3.63, 3.8) is 0 Å². The minimum atomic E-state index is -3.74. The largest absolute Gasteiger partial charge is 0.474 e. The van der Waals surface area contributed by atoms with Crippen LogP contribution in [0, 0.1) is 0 Å². The number of halogens is 4. The average Bonchev–Trinajstić information content (AvgIpc) is 2.54. The monoisotopic (exact) mass is 592 g/mol. The van der Waals surface area contributed by atoms with Gasteiger partial charge in [-0.1, -0.05) is 70.3 Å². The van der Waals surface area contributed by atoms with Crippen LogP contribution in [-0.2, 0) is 27.7 Å². The van der Waals surface area contributed by atoms with Gasteiger partial charge in [-0.25, -0.2) is 9.36 Å². The third kappa shape index (κ3) is 11.7. The number of hydrogen-bond acceptors (Lipinski definition) is 6. The second kappa shape index (κ2) is 13.5. The maximum absolute atomic E-state index is 12.5. The summed E-state index contributed by atoms with van der Waals surface area (Å²) in [5, 5.41) is 1.23. The third-order valence-corrected chi connectivity index (χ3v) is 7.81. The summed E-state index contributed by atoms with van der Waals surface area (Å²) in [7, 11) is -3.74. The maximum Gasteiger partial charge on any atom is 0.474 e. The minimum Gasteiger partial charge on any atom is -0.460 e. The van der Waals surface area contributed by atoms with Gasteiger partial charge in [-0.15, -0.1) is 0 Å². The first-order valence-corrected chi connectivity index (χ1v) is 11.6. The molecular weight excluding hydrogens is 579 g/mol. The average molecular weight is 596 g/mol. The summed E-state index contributed by atoms with van der Waals surface area (Å²) in [5.74, 6) is -0.583. The molecule has 0 aromatic carbocycles. The summed E-state index contributed by atoms with van der Waals surface area (Å²) in [4.78, 5) is 10.8. The van der Waals surface area contributed by atoms with Gasteiger partial charge in [-0.3, -0.25) is 13.6 Å². The number of esters is 1. The van der Waals surface area contributed by atoms with Gasteiger partial charge < -0.3 is 4.74 Å². The van der Waals surface area contributed by atoms with E-state index in [9.17, 15) is 9.36 Å². The van der Waals surface area contributed by atoms with E-state index in [-0.39, 0.29) is 36.1 Å². The summed E-state index contributed by atoms with van der Waals surface area (Å²) in [5.41, 5.74) is 0. The molecule has 0 aliphatic rings. The van der Waals surface area contributed by atoms with Gasteiger partial charge in [-0.2, -0.15) is 0 Å². The lowest BCUT2D eigenvalue weighted by atomic mass is 10.5. The molecular formula is C11H17Br4O6P. The molecule has 2 unspecified atom stereocenters. The Hall–Kier alpha value is 1.24. The van der Waals surface area contributed by atoms with Crippen molar-refractivity contribution in [3.05, 3.63) is 12.7 Å². The van der Waals surface area contributed by atoms with E-state index in [1.54, 1.807) is 0 Å². The van der Waals surface area contributed by atoms with Crippen LogP contribution in [0.3, 0.4) is 0 Å². The Morgan fingerprint density at radius 1 is 1.05 bits per heavy atom. The van der Waals surface area contributed by atoms with E-state index < -0.39 is 13.8 Å². The van der Waals surface area contributed by atoms with E-state index in [0.717, 1.165) is 6.08 Å². The Morgan fingerprint density at radius 3 is 1.95 bits per heavy atom. The van der Waals surface area contributed by atoms with Gasteiger partial charge >= 0.3 is 13.8 Å². The topological polar surface area (TPSA) is 71.1 Å². The molecule has 0 bridgehead atoms. The molecule has 0 saturated carbocycles. The Bertz CT molecular complexity index is 366. The Kier molecular flexibility index (Phi) is 14.3. The predicted molar refractivity (Wildman–Crippen MR) is 99.6 cm³/mol. The van der Waals surface area contributed by atoms with Crippen LogP contribution < -0.4 is 0 Å². The highest BCUT2D eigenvalue weighted by Crippen LogP contribution is 2.50. The highest BCUT2D eigenvalue weighted by Gasteiger charge is 2.28. The number of ether oxygens (including phenoxy) is 1. The molecule has 0 N–H and O–H groups in total. The zero-order valence-corrected chi connectivity index (χ0v) is 18.8. The van der Waals surface area contributed by atoms with Gasteiger partial charge in [0, 0.05) is 26.4 Å². The molecule has 0 aromatic rings. The molecule has 0 rings (SSSR count). The molecule has 2 atom stereocenters. The fraction of sp³-hybridized carbons (Fsp3) is 0.727. The van der Waals surface area contributed by atoms with Crippen molar-refractivity contribution >= 4 is 77.5 Å². The number of alkyl halides is 4. The number of carbonyl (C=O) groups is 1. The first kappa shape index (κ1) is 23.2. The van der Waals surface area contributed by atoms with Crippen LogP contribution in [0.2, 0.25) is 0 Å². The molecule has 11 heteroatoms. The lowest BCUT2D eigenvalue weighted by molar-refractivity contribution is -0.138. The van der Waals surface area contributed by atoms with Crippen molar-refractivity contribution in [2.24, 2.45) is 0 Å². The van der Waals surface area contributed by atoms with Crippen molar-refractivity contribution in [1.29, 1.82) is 0 Å². The third-order valence-electron chi connectivity index (χ3n) is 1.91. The second-order valence-electron chi connectivity index (χ2n) is 3.75. The summed E-state index contributed by atoms with van der Waals surface area (Å²) in [6.07, 6.45) is 1.03. The summed E-state index contributed by atoms with van der Waals surface area (Å²) >= 11 is 13.2. The van der Waals surface area contributed by atoms with Crippen LogP contribution in [0.4, 0.5) is 0 Å². The maximum atomic E-state index is 12.5. The van der Waals surface area contributed by atoms with Crippen LogP contribution >= 0.6 is 71.5 Å². The van der Waals surface area contributed by atoms with Crippen molar-refractivity contribution in [2.75, 3.05) is 37.1 Å². The number of rotatable bonds is 13. The van der Waals surface area contributed by atoms with Gasteiger partial charge in [-0.05, 0) is 0 Å². The SMILES string of the molecule is C=CC(=O)OCCOP(=O)(OCC(Br)CBr)OCC(Br)CBr. The normalized spacial score (nSPS) is 16.5. The van der Waals surface area contributed by atoms with E-state index in [4.69, 9.17) is 18.3 Å². The standard InChI is InChI=1S/C11H17Br4O6P/c1-2-11(16)18-3-4-19-22(17,20-7-9(14)5-12)21-8-10(15)6-13/h2,9-10H,1,3-8H2. The quantitative estimate of drug-likeness (QED) is 0.105.